The summed E-state index contributed by atoms with van der Waals surface area (Å²) in [5, 5.41) is 9.43. The lowest BCUT2D eigenvalue weighted by Gasteiger charge is -2.34. The molecule has 0 spiro atoms. The molecule has 1 aliphatic rings. The second-order valence-corrected chi connectivity index (χ2v) is 8.71. The van der Waals surface area contributed by atoms with Crippen LogP contribution in [0.1, 0.15) is 45.9 Å². The van der Waals surface area contributed by atoms with Gasteiger partial charge in [-0.3, -0.25) is 14.3 Å². The van der Waals surface area contributed by atoms with Crippen LogP contribution in [0.3, 0.4) is 0 Å². The highest BCUT2D eigenvalue weighted by Gasteiger charge is 2.33. The average Bonchev–Trinajstić information content (AvgIpc) is 3.38. The predicted molar refractivity (Wildman–Crippen MR) is 119 cm³/mol. The third-order valence-corrected chi connectivity index (χ3v) is 6.29. The number of amides is 2. The fourth-order valence-corrected chi connectivity index (χ4v) is 4.65. The van der Waals surface area contributed by atoms with Crippen molar-refractivity contribution in [2.45, 2.75) is 45.7 Å². The summed E-state index contributed by atoms with van der Waals surface area (Å²) in [5.74, 6) is -0.175. The number of anilines is 1. The minimum atomic E-state index is -0.437. The quantitative estimate of drug-likeness (QED) is 0.669. The monoisotopic (exact) mass is 422 g/mol. The van der Waals surface area contributed by atoms with E-state index in [1.54, 1.807) is 4.90 Å². The fourth-order valence-electron chi connectivity index (χ4n) is 3.97. The van der Waals surface area contributed by atoms with E-state index in [0.29, 0.717) is 24.4 Å². The van der Waals surface area contributed by atoms with Crippen molar-refractivity contribution in [3.05, 3.63) is 69.7 Å². The fraction of sp³-hybridized carbons (Fsp3) is 0.348. The maximum absolute atomic E-state index is 13.1. The minimum absolute atomic E-state index is 0.0527. The lowest BCUT2D eigenvalue weighted by atomic mass is 10.0. The topological polar surface area (TPSA) is 67.2 Å². The van der Waals surface area contributed by atoms with E-state index in [9.17, 15) is 9.59 Å². The first-order valence-corrected chi connectivity index (χ1v) is 11.1. The van der Waals surface area contributed by atoms with E-state index in [0.717, 1.165) is 35.5 Å². The van der Waals surface area contributed by atoms with E-state index in [2.05, 4.69) is 10.4 Å². The van der Waals surface area contributed by atoms with Crippen LogP contribution >= 0.6 is 11.3 Å². The molecule has 1 saturated heterocycles. The van der Waals surface area contributed by atoms with Crippen LogP contribution in [-0.4, -0.2) is 39.1 Å². The molecule has 0 aliphatic carbocycles. The number of nitrogens with zero attached hydrogens (tertiary/aromatic N) is 3. The molecule has 30 heavy (non-hydrogen) atoms. The van der Waals surface area contributed by atoms with Crippen LogP contribution in [0, 0.1) is 13.8 Å². The number of nitrogens with one attached hydrogen (secondary N) is 1. The van der Waals surface area contributed by atoms with E-state index in [1.807, 2.05) is 66.4 Å². The van der Waals surface area contributed by atoms with Crippen LogP contribution in [0.2, 0.25) is 0 Å². The Morgan fingerprint density at radius 3 is 2.77 bits per heavy atom. The molecule has 7 heteroatoms. The summed E-state index contributed by atoms with van der Waals surface area (Å²) < 4.78 is 1.96. The molecule has 3 heterocycles. The number of rotatable bonds is 5. The molecule has 0 radical (unpaired) electrons. The number of hydrogen-bond acceptors (Lipinski definition) is 4. The zero-order valence-electron chi connectivity index (χ0n) is 17.3. The van der Waals surface area contributed by atoms with Gasteiger partial charge in [0.25, 0.3) is 5.91 Å². The van der Waals surface area contributed by atoms with Gasteiger partial charge in [0.05, 0.1) is 17.1 Å². The molecule has 3 aromatic rings. The third-order valence-electron chi connectivity index (χ3n) is 5.43. The van der Waals surface area contributed by atoms with Gasteiger partial charge >= 0.3 is 0 Å². The number of hydrogen-bond donors (Lipinski definition) is 1. The standard InChI is InChI=1S/C23H26N4O2S/c1-16-13-17(2)27(25-16)15-18-7-5-8-19(14-18)24-22(28)20-9-3-4-11-26(20)23(29)21-10-6-12-30-21/h5-8,10,12-14,20H,3-4,9,11,15H2,1-2H3,(H,24,28). The van der Waals surface area contributed by atoms with Crippen LogP contribution < -0.4 is 5.32 Å². The Morgan fingerprint density at radius 1 is 1.17 bits per heavy atom. The molecule has 1 atom stereocenters. The van der Waals surface area contributed by atoms with Gasteiger partial charge in [-0.25, -0.2) is 0 Å². The van der Waals surface area contributed by atoms with Crippen LogP contribution in [0.4, 0.5) is 5.69 Å². The zero-order valence-corrected chi connectivity index (χ0v) is 18.1. The summed E-state index contributed by atoms with van der Waals surface area (Å²) in [7, 11) is 0. The molecule has 6 nitrogen and oxygen atoms in total. The third kappa shape index (κ3) is 4.46. The van der Waals surface area contributed by atoms with Crippen molar-refractivity contribution < 1.29 is 9.59 Å². The van der Waals surface area contributed by atoms with Crippen molar-refractivity contribution in [1.82, 2.24) is 14.7 Å². The Bertz CT molecular complexity index is 1040. The molecule has 156 valence electrons. The van der Waals surface area contributed by atoms with Gasteiger partial charge in [-0.1, -0.05) is 18.2 Å². The van der Waals surface area contributed by atoms with Gasteiger partial charge in [0.1, 0.15) is 6.04 Å². The first-order chi connectivity index (χ1) is 14.5. The number of aromatic nitrogens is 2. The first kappa shape index (κ1) is 20.3. The van der Waals surface area contributed by atoms with Gasteiger partial charge < -0.3 is 10.2 Å². The van der Waals surface area contributed by atoms with Crippen LogP contribution in [0.15, 0.2) is 47.8 Å². The number of likely N-dealkylation sites (tertiary alicyclic amines) is 1. The lowest BCUT2D eigenvalue weighted by molar-refractivity contribution is -0.121. The normalized spacial score (nSPS) is 16.5. The van der Waals surface area contributed by atoms with E-state index in [4.69, 9.17) is 0 Å². The number of benzene rings is 1. The predicted octanol–water partition coefficient (Wildman–Crippen LogP) is 4.24. The summed E-state index contributed by atoms with van der Waals surface area (Å²) in [6, 6.07) is 13.1. The molecule has 2 aromatic heterocycles. The smallest absolute Gasteiger partial charge is 0.264 e. The molecule has 0 saturated carbocycles. The second-order valence-electron chi connectivity index (χ2n) is 7.76. The molecular formula is C23H26N4O2S. The summed E-state index contributed by atoms with van der Waals surface area (Å²) in [4.78, 5) is 28.3. The average molecular weight is 423 g/mol. The summed E-state index contributed by atoms with van der Waals surface area (Å²) in [5.41, 5.74) is 3.90. The van der Waals surface area contributed by atoms with E-state index in [-0.39, 0.29) is 11.8 Å². The van der Waals surface area contributed by atoms with Gasteiger partial charge in [-0.2, -0.15) is 5.10 Å². The Kier molecular flexibility index (Phi) is 5.99. The van der Waals surface area contributed by atoms with Crippen LogP contribution in [0.5, 0.6) is 0 Å². The van der Waals surface area contributed by atoms with Gasteiger partial charge in [0.2, 0.25) is 5.91 Å². The molecule has 1 fully saturated rings. The van der Waals surface area contributed by atoms with Crippen molar-refractivity contribution in [3.63, 3.8) is 0 Å². The van der Waals surface area contributed by atoms with Crippen LogP contribution in [-0.2, 0) is 11.3 Å². The molecule has 1 aromatic carbocycles. The van der Waals surface area contributed by atoms with Crippen molar-refractivity contribution in [2.75, 3.05) is 11.9 Å². The first-order valence-electron chi connectivity index (χ1n) is 10.3. The van der Waals surface area contributed by atoms with E-state index < -0.39 is 6.04 Å². The van der Waals surface area contributed by atoms with Crippen LogP contribution in [0.25, 0.3) is 0 Å². The number of carbonyl (C=O) groups excluding carboxylic acids is 2. The molecule has 0 bridgehead atoms. The SMILES string of the molecule is Cc1cc(C)n(Cc2cccc(NC(=O)C3CCCCN3C(=O)c3cccs3)c2)n1. The highest BCUT2D eigenvalue weighted by atomic mass is 32.1. The summed E-state index contributed by atoms with van der Waals surface area (Å²) in [6.45, 7) is 5.28. The van der Waals surface area contributed by atoms with Crippen molar-refractivity contribution >= 4 is 28.8 Å². The molecule has 1 N–H and O–H groups in total. The van der Waals surface area contributed by atoms with E-state index in [1.165, 1.54) is 11.3 Å². The Morgan fingerprint density at radius 2 is 2.03 bits per heavy atom. The van der Waals surface area contributed by atoms with Gasteiger partial charge in [0, 0.05) is 17.9 Å². The lowest BCUT2D eigenvalue weighted by Crippen LogP contribution is -2.49. The van der Waals surface area contributed by atoms with Crippen molar-refractivity contribution in [2.24, 2.45) is 0 Å². The Balaban J connectivity index is 1.47. The molecular weight excluding hydrogens is 396 g/mol. The number of thiophene rings is 1. The maximum atomic E-state index is 13.1. The number of aryl methyl sites for hydroxylation is 2. The van der Waals surface area contributed by atoms with E-state index >= 15 is 0 Å². The Hall–Kier alpha value is -2.93. The molecule has 2 amide bonds. The minimum Gasteiger partial charge on any atom is -0.326 e. The van der Waals surface area contributed by atoms with Crippen molar-refractivity contribution in [3.8, 4) is 0 Å². The van der Waals surface area contributed by atoms with Gasteiger partial charge in [-0.05, 0) is 68.3 Å². The highest BCUT2D eigenvalue weighted by Crippen LogP contribution is 2.23. The molecule has 1 aliphatic heterocycles. The zero-order chi connectivity index (χ0) is 21.1. The second kappa shape index (κ2) is 8.83. The summed E-state index contributed by atoms with van der Waals surface area (Å²) in [6.07, 6.45) is 2.57. The van der Waals surface area contributed by atoms with Gasteiger partial charge in [0.15, 0.2) is 0 Å². The van der Waals surface area contributed by atoms with Gasteiger partial charge in [-0.15, -0.1) is 11.3 Å². The number of piperidine rings is 1. The Labute approximate surface area is 180 Å². The van der Waals surface area contributed by atoms with Crippen molar-refractivity contribution in [1.29, 1.82) is 0 Å². The maximum Gasteiger partial charge on any atom is 0.264 e. The highest BCUT2D eigenvalue weighted by molar-refractivity contribution is 7.12. The largest absolute Gasteiger partial charge is 0.326 e. The molecule has 1 unspecified atom stereocenters. The summed E-state index contributed by atoms with van der Waals surface area (Å²) >= 11 is 1.42. The molecule has 4 rings (SSSR count). The number of carbonyl (C=O) groups is 2.